The normalized spacial score (nSPS) is 14.2. The lowest BCUT2D eigenvalue weighted by Crippen LogP contribution is -2.59. The van der Waals surface area contributed by atoms with Gasteiger partial charge < -0.3 is 27.7 Å². The minimum Gasteiger partial charge on any atom is -0.459 e. The van der Waals surface area contributed by atoms with Crippen molar-refractivity contribution < 1.29 is 103 Å². The third-order valence-electron chi connectivity index (χ3n) is 6.45. The van der Waals surface area contributed by atoms with E-state index in [1.54, 1.807) is 20.8 Å². The fourth-order valence-electron chi connectivity index (χ4n) is 3.78. The Balaban J connectivity index is 5.71. The first kappa shape index (κ1) is 47.9. The summed E-state index contributed by atoms with van der Waals surface area (Å²) < 4.78 is 234. The molecule has 8 nitrogen and oxygen atoms in total. The molecular formula is C25H35F16NO7Si. The molecule has 0 aliphatic heterocycles. The highest BCUT2D eigenvalue weighted by atomic mass is 28.4. The minimum atomic E-state index is -6.67. The van der Waals surface area contributed by atoms with Gasteiger partial charge in [-0.05, 0) is 33.7 Å². The van der Waals surface area contributed by atoms with E-state index in [2.05, 4.69) is 9.47 Å². The van der Waals surface area contributed by atoms with Gasteiger partial charge in [-0.15, -0.1) is 0 Å². The molecule has 50 heavy (non-hydrogen) atoms. The molecule has 298 valence electrons. The van der Waals surface area contributed by atoms with E-state index < -0.39 is 108 Å². The van der Waals surface area contributed by atoms with E-state index in [1.807, 2.05) is 0 Å². The number of carbonyl (C=O) groups is 2. The molecule has 0 heterocycles. The molecule has 0 atom stereocenters. The van der Waals surface area contributed by atoms with E-state index >= 15 is 0 Å². The molecule has 0 bridgehead atoms. The lowest BCUT2D eigenvalue weighted by molar-refractivity contribution is -0.344. The number of hydrogen-bond acceptors (Lipinski definition) is 8. The van der Waals surface area contributed by atoms with Gasteiger partial charge in [0.1, 0.15) is 0 Å². The summed E-state index contributed by atoms with van der Waals surface area (Å²) in [5.41, 5.74) is 0. The molecular weight excluding hydrogens is 758 g/mol. The van der Waals surface area contributed by atoms with Crippen LogP contribution in [0.2, 0.25) is 6.04 Å². The van der Waals surface area contributed by atoms with Gasteiger partial charge in [-0.2, -0.15) is 52.7 Å². The topological polar surface area (TPSA) is 83.5 Å². The number of carbonyl (C=O) groups excluding carboxylic acids is 2. The van der Waals surface area contributed by atoms with Crippen LogP contribution in [0.25, 0.3) is 0 Å². The van der Waals surface area contributed by atoms with Gasteiger partial charge in [-0.3, -0.25) is 9.59 Å². The average molecular weight is 794 g/mol. The van der Waals surface area contributed by atoms with Crippen molar-refractivity contribution in [2.75, 3.05) is 52.7 Å². The van der Waals surface area contributed by atoms with Crippen molar-refractivity contribution >= 4 is 20.7 Å². The molecule has 0 aliphatic carbocycles. The van der Waals surface area contributed by atoms with Gasteiger partial charge in [0.05, 0.1) is 12.8 Å². The minimum absolute atomic E-state index is 0.0102. The van der Waals surface area contributed by atoms with Crippen LogP contribution in [0.15, 0.2) is 0 Å². The molecule has 0 aromatic heterocycles. The summed E-state index contributed by atoms with van der Waals surface area (Å²) in [6, 6.07) is 0.0349. The van der Waals surface area contributed by atoms with Crippen molar-refractivity contribution in [3.8, 4) is 0 Å². The summed E-state index contributed by atoms with van der Waals surface area (Å²) >= 11 is 0. The fraction of sp³-hybridized carbons (Fsp3) is 0.920. The molecule has 0 spiro atoms. The van der Waals surface area contributed by atoms with Crippen molar-refractivity contribution in [1.29, 1.82) is 0 Å². The standard InChI is InChI=1S/C25H35F16NO7Si/c1-4-47-50(48-5-2,49-6-3)13-7-10-42(11-8-16(43)45-14-20(30,31)24(38,39)22(34,35)18(26)27)12-9-17(44)46-15-21(32,33)25(40,41)23(36,37)19(28)29/h18-19H,4-15H2,1-3H3. The molecule has 0 saturated heterocycles. The van der Waals surface area contributed by atoms with E-state index in [0.717, 1.165) is 4.90 Å². The lowest BCUT2D eigenvalue weighted by Gasteiger charge is -2.32. The predicted molar refractivity (Wildman–Crippen MR) is 139 cm³/mol. The van der Waals surface area contributed by atoms with E-state index in [0.29, 0.717) is 0 Å². The van der Waals surface area contributed by atoms with Crippen molar-refractivity contribution in [2.45, 2.75) is 94.5 Å². The number of hydrogen-bond donors (Lipinski definition) is 0. The quantitative estimate of drug-likeness (QED) is 0.0530. The number of halogens is 16. The number of esters is 2. The molecule has 0 saturated carbocycles. The van der Waals surface area contributed by atoms with E-state index in [-0.39, 0.29) is 38.8 Å². The van der Waals surface area contributed by atoms with Gasteiger partial charge in [-0.25, -0.2) is 17.6 Å². The summed E-state index contributed by atoms with van der Waals surface area (Å²) in [4.78, 5) is 25.0. The Hall–Kier alpha value is -2.12. The number of nitrogens with zero attached hydrogens (tertiary/aromatic N) is 1. The highest BCUT2D eigenvalue weighted by Gasteiger charge is 2.76. The Kier molecular flexibility index (Phi) is 18.3. The zero-order chi connectivity index (χ0) is 39.4. The van der Waals surface area contributed by atoms with Crippen molar-refractivity contribution in [3.05, 3.63) is 0 Å². The summed E-state index contributed by atoms with van der Waals surface area (Å²) in [6.45, 7) is -1.95. The Bertz CT molecular complexity index is 975. The molecule has 0 N–H and O–H groups in total. The van der Waals surface area contributed by atoms with Gasteiger partial charge in [0.25, 0.3) is 0 Å². The third-order valence-corrected chi connectivity index (χ3v) is 9.60. The maximum absolute atomic E-state index is 13.7. The third kappa shape index (κ3) is 12.2. The number of ether oxygens (including phenoxy) is 2. The van der Waals surface area contributed by atoms with Gasteiger partial charge in [0.15, 0.2) is 13.2 Å². The monoisotopic (exact) mass is 793 g/mol. The van der Waals surface area contributed by atoms with Crippen LogP contribution in [-0.4, -0.2) is 127 Å². The Morgan fingerprint density at radius 3 is 1.18 bits per heavy atom. The largest absolute Gasteiger partial charge is 0.500 e. The van der Waals surface area contributed by atoms with Crippen LogP contribution in [0.4, 0.5) is 70.2 Å². The SMILES string of the molecule is CCO[Si](CCCN(CCC(=O)OCC(F)(F)C(F)(F)C(F)(F)C(F)F)CCC(=O)OCC(F)(F)C(F)(F)C(F)(F)C(F)F)(OCC)OCC. The second-order valence-electron chi connectivity index (χ2n) is 10.2. The fourth-order valence-corrected chi connectivity index (χ4v) is 6.38. The molecule has 0 aromatic rings. The zero-order valence-electron chi connectivity index (χ0n) is 26.5. The maximum Gasteiger partial charge on any atom is 0.500 e. The molecule has 0 rings (SSSR count). The van der Waals surface area contributed by atoms with E-state index in [4.69, 9.17) is 13.3 Å². The van der Waals surface area contributed by atoms with Gasteiger partial charge in [-0.1, -0.05) is 0 Å². The predicted octanol–water partition coefficient (Wildman–Crippen LogP) is 6.94. The van der Waals surface area contributed by atoms with E-state index in [9.17, 15) is 79.8 Å². The highest BCUT2D eigenvalue weighted by Crippen LogP contribution is 2.49. The number of alkyl halides is 16. The molecule has 0 radical (unpaired) electrons. The Labute approximate surface area is 276 Å². The van der Waals surface area contributed by atoms with Crippen LogP contribution in [0.5, 0.6) is 0 Å². The average Bonchev–Trinajstić information content (AvgIpc) is 2.99. The first-order chi connectivity index (χ1) is 22.6. The molecule has 0 amide bonds. The molecule has 0 aliphatic rings. The summed E-state index contributed by atoms with van der Waals surface area (Å²) in [5, 5.41) is 0. The summed E-state index contributed by atoms with van der Waals surface area (Å²) in [5.74, 6) is -41.9. The molecule has 0 aromatic carbocycles. The Morgan fingerprint density at radius 1 is 0.580 bits per heavy atom. The molecule has 0 fully saturated rings. The van der Waals surface area contributed by atoms with Crippen molar-refractivity contribution in [2.24, 2.45) is 0 Å². The van der Waals surface area contributed by atoms with Gasteiger partial charge in [0, 0.05) is 39.0 Å². The van der Waals surface area contributed by atoms with Crippen LogP contribution in [0.1, 0.15) is 40.0 Å². The summed E-state index contributed by atoms with van der Waals surface area (Å²) in [6.07, 6.45) is -12.5. The van der Waals surface area contributed by atoms with Crippen molar-refractivity contribution in [3.63, 3.8) is 0 Å². The van der Waals surface area contributed by atoms with Gasteiger partial charge in [0.2, 0.25) is 0 Å². The first-order valence-corrected chi connectivity index (χ1v) is 16.4. The van der Waals surface area contributed by atoms with Crippen LogP contribution < -0.4 is 0 Å². The lowest BCUT2D eigenvalue weighted by atomic mass is 10.1. The summed E-state index contributed by atoms with van der Waals surface area (Å²) in [7, 11) is -3.35. The van der Waals surface area contributed by atoms with Crippen LogP contribution >= 0.6 is 0 Å². The molecule has 0 unspecified atom stereocenters. The molecule has 25 heteroatoms. The van der Waals surface area contributed by atoms with E-state index in [1.165, 1.54) is 0 Å². The first-order valence-electron chi connectivity index (χ1n) is 14.4. The maximum atomic E-state index is 13.7. The number of rotatable bonds is 26. The second-order valence-corrected chi connectivity index (χ2v) is 12.9. The van der Waals surface area contributed by atoms with Crippen LogP contribution in [0.3, 0.4) is 0 Å². The van der Waals surface area contributed by atoms with Crippen molar-refractivity contribution in [1.82, 2.24) is 4.90 Å². The smallest absolute Gasteiger partial charge is 0.459 e. The highest BCUT2D eigenvalue weighted by molar-refractivity contribution is 6.60. The zero-order valence-corrected chi connectivity index (χ0v) is 27.5. The second kappa shape index (κ2) is 19.1. The van der Waals surface area contributed by atoms with Crippen LogP contribution in [-0.2, 0) is 32.3 Å². The Morgan fingerprint density at radius 2 is 0.900 bits per heavy atom. The van der Waals surface area contributed by atoms with Gasteiger partial charge >= 0.3 is 69.1 Å². The van der Waals surface area contributed by atoms with Crippen LogP contribution in [0, 0.1) is 0 Å².